The number of alkyl halides is 1. The summed E-state index contributed by atoms with van der Waals surface area (Å²) >= 11 is 5.83. The number of likely N-dealkylation sites (tertiary alicyclic amines) is 1. The maximum atomic E-state index is 14.3. The smallest absolute Gasteiger partial charge is 0.335 e. The van der Waals surface area contributed by atoms with Crippen molar-refractivity contribution in [1.29, 1.82) is 0 Å². The summed E-state index contributed by atoms with van der Waals surface area (Å²) < 4.78 is 43.0. The van der Waals surface area contributed by atoms with E-state index in [1.54, 1.807) is 24.3 Å². The van der Waals surface area contributed by atoms with E-state index in [2.05, 4.69) is 9.88 Å². The van der Waals surface area contributed by atoms with Gasteiger partial charge in [-0.3, -0.25) is 4.90 Å². The highest BCUT2D eigenvalue weighted by Crippen LogP contribution is 2.31. The van der Waals surface area contributed by atoms with Gasteiger partial charge in [0.1, 0.15) is 19.0 Å². The number of hydrogen-bond donors (Lipinski definition) is 1. The predicted molar refractivity (Wildman–Crippen MR) is 145 cm³/mol. The van der Waals surface area contributed by atoms with Crippen LogP contribution in [0.3, 0.4) is 0 Å². The number of aromatic carboxylic acids is 1. The molecule has 0 aliphatic carbocycles. The topological polar surface area (TPSA) is 80.7 Å². The molecule has 11 heteroatoms. The Hall–Kier alpha value is -3.76. The first-order chi connectivity index (χ1) is 19.3. The Morgan fingerprint density at radius 3 is 2.65 bits per heavy atom. The number of methoxy groups -OCH3 is 1. The number of carboxylic acid groups (broad SMARTS) is 1. The normalized spacial score (nSPS) is 14.5. The van der Waals surface area contributed by atoms with E-state index in [9.17, 15) is 18.7 Å². The van der Waals surface area contributed by atoms with Gasteiger partial charge in [0.2, 0.25) is 18.2 Å². The van der Waals surface area contributed by atoms with Gasteiger partial charge >= 0.3 is 5.97 Å². The van der Waals surface area contributed by atoms with Crippen LogP contribution in [0.4, 0.5) is 8.78 Å². The van der Waals surface area contributed by atoms with Crippen molar-refractivity contribution in [2.75, 3.05) is 20.2 Å². The zero-order valence-electron chi connectivity index (χ0n) is 22.2. The fourth-order valence-electron chi connectivity index (χ4n) is 5.28. The molecule has 4 aromatic rings. The lowest BCUT2D eigenvalue weighted by Crippen LogP contribution is -2.42. The van der Waals surface area contributed by atoms with E-state index in [1.165, 1.54) is 23.8 Å². The lowest BCUT2D eigenvalue weighted by atomic mass is 9.93. The maximum Gasteiger partial charge on any atom is 0.335 e. The predicted octanol–water partition coefficient (Wildman–Crippen LogP) is 5.25. The number of carbonyl (C=O) groups is 1. The van der Waals surface area contributed by atoms with Crippen molar-refractivity contribution < 1.29 is 32.7 Å². The summed E-state index contributed by atoms with van der Waals surface area (Å²) in [5.41, 5.74) is 2.53. The molecule has 0 saturated carbocycles. The summed E-state index contributed by atoms with van der Waals surface area (Å²) in [6.45, 7) is 1.34. The number of ether oxygens (including phenoxy) is 2. The molecule has 0 radical (unpaired) electrons. The van der Waals surface area contributed by atoms with Gasteiger partial charge in [0.05, 0.1) is 19.7 Å². The molecule has 0 unspecified atom stereocenters. The number of fused-ring (bicyclic) bond motifs is 1. The van der Waals surface area contributed by atoms with E-state index in [0.717, 1.165) is 37.4 Å². The quantitative estimate of drug-likeness (QED) is 0.277. The molecule has 0 atom stereocenters. The minimum atomic E-state index is -1.07. The van der Waals surface area contributed by atoms with Crippen molar-refractivity contribution in [3.8, 4) is 11.6 Å². The summed E-state index contributed by atoms with van der Waals surface area (Å²) in [7, 11) is 3.26. The third-order valence-corrected chi connectivity index (χ3v) is 7.71. The van der Waals surface area contributed by atoms with E-state index in [-0.39, 0.29) is 18.1 Å². The van der Waals surface area contributed by atoms with E-state index >= 15 is 0 Å². The van der Waals surface area contributed by atoms with Gasteiger partial charge in [-0.15, -0.1) is 0 Å². The number of nitrogens with zero attached hydrogens (tertiary/aromatic N) is 4. The van der Waals surface area contributed by atoms with Crippen LogP contribution in [0.25, 0.3) is 11.0 Å². The van der Waals surface area contributed by atoms with Gasteiger partial charge in [-0.1, -0.05) is 23.7 Å². The molecule has 2 aromatic carbocycles. The highest BCUT2D eigenvalue weighted by molar-refractivity contribution is 6.30. The molecule has 0 spiro atoms. The van der Waals surface area contributed by atoms with Crippen LogP contribution in [0.5, 0.6) is 11.6 Å². The average Bonchev–Trinajstić information content (AvgIpc) is 3.23. The first-order valence-corrected chi connectivity index (χ1v) is 13.3. The number of benzene rings is 2. The molecule has 1 aliphatic rings. The molecule has 210 valence electrons. The fraction of sp³-hybridized carbons (Fsp3) is 0.345. The highest BCUT2D eigenvalue weighted by Gasteiger charge is 2.31. The van der Waals surface area contributed by atoms with Crippen LogP contribution in [-0.2, 0) is 27.0 Å². The second kappa shape index (κ2) is 11.8. The highest BCUT2D eigenvalue weighted by atomic mass is 35.5. The first-order valence-electron chi connectivity index (χ1n) is 12.9. The molecule has 1 N–H and O–H groups in total. The van der Waals surface area contributed by atoms with Crippen LogP contribution in [0.1, 0.15) is 46.2 Å². The largest absolute Gasteiger partial charge is 0.492 e. The fourth-order valence-corrected chi connectivity index (χ4v) is 5.44. The Morgan fingerprint density at radius 2 is 1.98 bits per heavy atom. The Kier molecular flexibility index (Phi) is 8.18. The number of aromatic nitrogens is 3. The van der Waals surface area contributed by atoms with Gasteiger partial charge in [-0.05, 0) is 50.2 Å². The molecular formula is C29H30ClF2N4O4+. The second-order valence-electron chi connectivity index (χ2n) is 9.85. The standard InChI is InChI=1S/C29H29ClF2N4O4/c1-34-24-12-20(29(37)38)13-25(39-2)28(24)36(17-31)27(34)15-35-10-8-18(9-11-35)23-4-3-5-26(33-23)40-16-19-6-7-21(30)14-22(19)32/h3-7,12-14,18H,8-11,15-17H2,1-2H3/p+1. The van der Waals surface area contributed by atoms with Gasteiger partial charge in [0.15, 0.2) is 11.3 Å². The number of piperidine rings is 1. The van der Waals surface area contributed by atoms with E-state index in [4.69, 9.17) is 21.1 Å². The molecule has 2 aromatic heterocycles. The van der Waals surface area contributed by atoms with Gasteiger partial charge in [-0.25, -0.2) is 23.1 Å². The van der Waals surface area contributed by atoms with E-state index in [0.29, 0.717) is 39.8 Å². The number of carboxylic acids is 1. The van der Waals surface area contributed by atoms with E-state index in [1.807, 2.05) is 23.7 Å². The molecule has 0 bridgehead atoms. The van der Waals surface area contributed by atoms with Gasteiger partial charge in [0.25, 0.3) is 5.82 Å². The third-order valence-electron chi connectivity index (χ3n) is 7.48. The number of halogens is 3. The van der Waals surface area contributed by atoms with Crippen LogP contribution in [0, 0.1) is 5.82 Å². The SMILES string of the molecule is COc1cc(C(=O)O)cc2c1[n+](CF)c(CN1CCC(c3cccc(OCc4ccc(Cl)cc4F)n3)CC1)n2C. The van der Waals surface area contributed by atoms with Crippen LogP contribution in [0.2, 0.25) is 5.02 Å². The van der Waals surface area contributed by atoms with Crippen molar-refractivity contribution in [2.45, 2.75) is 38.7 Å². The molecule has 40 heavy (non-hydrogen) atoms. The molecule has 1 saturated heterocycles. The zero-order valence-corrected chi connectivity index (χ0v) is 23.0. The van der Waals surface area contributed by atoms with Crippen LogP contribution in [-0.4, -0.2) is 45.7 Å². The summed E-state index contributed by atoms with van der Waals surface area (Å²) in [5, 5.41) is 9.83. The molecule has 0 amide bonds. The Labute approximate surface area is 235 Å². The monoisotopic (exact) mass is 571 g/mol. The summed E-state index contributed by atoms with van der Waals surface area (Å²) in [5.74, 6) is 0.211. The number of imidazole rings is 1. The zero-order chi connectivity index (χ0) is 28.4. The van der Waals surface area contributed by atoms with Crippen molar-refractivity contribution in [3.05, 3.63) is 82.0 Å². The van der Waals surface area contributed by atoms with Crippen molar-refractivity contribution in [1.82, 2.24) is 14.5 Å². The Morgan fingerprint density at radius 1 is 1.20 bits per heavy atom. The number of rotatable bonds is 9. The van der Waals surface area contributed by atoms with Crippen molar-refractivity contribution >= 4 is 28.6 Å². The van der Waals surface area contributed by atoms with E-state index < -0.39 is 18.6 Å². The Balaban J connectivity index is 1.27. The van der Waals surface area contributed by atoms with Crippen LogP contribution < -0.4 is 14.0 Å². The van der Waals surface area contributed by atoms with Crippen LogP contribution >= 0.6 is 11.6 Å². The van der Waals surface area contributed by atoms with Gasteiger partial charge in [-0.2, -0.15) is 4.57 Å². The van der Waals surface area contributed by atoms with Crippen molar-refractivity contribution in [2.24, 2.45) is 7.05 Å². The summed E-state index contributed by atoms with van der Waals surface area (Å²) in [6.07, 6.45) is 1.71. The molecular weight excluding hydrogens is 542 g/mol. The van der Waals surface area contributed by atoms with Crippen molar-refractivity contribution in [3.63, 3.8) is 0 Å². The lowest BCUT2D eigenvalue weighted by Gasteiger charge is -2.30. The number of hydrogen-bond acceptors (Lipinski definition) is 5. The molecule has 1 fully saturated rings. The minimum absolute atomic E-state index is 0.0518. The average molecular weight is 572 g/mol. The molecule has 8 nitrogen and oxygen atoms in total. The summed E-state index contributed by atoms with van der Waals surface area (Å²) in [6, 6.07) is 13.1. The first kappa shape index (κ1) is 27.8. The Bertz CT molecular complexity index is 1550. The van der Waals surface area contributed by atoms with Crippen LogP contribution in [0.15, 0.2) is 48.5 Å². The molecule has 1 aliphatic heterocycles. The van der Waals surface area contributed by atoms with Gasteiger partial charge < -0.3 is 14.6 Å². The lowest BCUT2D eigenvalue weighted by molar-refractivity contribution is -0.703. The third kappa shape index (κ3) is 5.59. The van der Waals surface area contributed by atoms with Gasteiger partial charge in [0, 0.05) is 34.3 Å². The number of pyridine rings is 1. The molecule has 3 heterocycles. The summed E-state index contributed by atoms with van der Waals surface area (Å²) in [4.78, 5) is 18.5. The second-order valence-corrected chi connectivity index (χ2v) is 10.3. The number of aryl methyl sites for hydroxylation is 1. The maximum absolute atomic E-state index is 14.3. The minimum Gasteiger partial charge on any atom is -0.492 e. The molecule has 5 rings (SSSR count).